The molecule has 0 heterocycles. The fourth-order valence-electron chi connectivity index (χ4n) is 2.85. The molecule has 0 bridgehead atoms. The molecule has 0 aliphatic heterocycles. The van der Waals surface area contributed by atoms with E-state index in [2.05, 4.69) is 43.1 Å². The summed E-state index contributed by atoms with van der Waals surface area (Å²) in [7, 11) is -2.12. The molecule has 3 rings (SSSR count). The van der Waals surface area contributed by atoms with Gasteiger partial charge in [-0.2, -0.15) is 0 Å². The molecule has 118 valence electrons. The van der Waals surface area contributed by atoms with E-state index in [4.69, 9.17) is 34.8 Å². The molecule has 0 nitrogen and oxygen atoms in total. The van der Waals surface area contributed by atoms with Gasteiger partial charge in [0.2, 0.25) is 0 Å². The van der Waals surface area contributed by atoms with Crippen LogP contribution in [0.3, 0.4) is 0 Å². The zero-order valence-electron chi connectivity index (χ0n) is 12.6. The third-order valence-electron chi connectivity index (χ3n) is 4.26. The maximum atomic E-state index is 6.08. The second-order valence-corrected chi connectivity index (χ2v) is 10.9. The summed E-state index contributed by atoms with van der Waals surface area (Å²) in [5, 5.41) is 6.14. The van der Waals surface area contributed by atoms with Crippen molar-refractivity contribution in [2.45, 2.75) is 0 Å². The van der Waals surface area contributed by atoms with Gasteiger partial charge in [-0.05, 0) is 0 Å². The van der Waals surface area contributed by atoms with Crippen LogP contribution >= 0.6 is 42.1 Å². The first kappa shape index (κ1) is 16.8. The van der Waals surface area contributed by atoms with Crippen molar-refractivity contribution in [1.82, 2.24) is 0 Å². The van der Waals surface area contributed by atoms with Crippen LogP contribution in [0.15, 0.2) is 72.8 Å². The molecule has 0 atom stereocenters. The summed E-state index contributed by atoms with van der Waals surface area (Å²) in [6.45, 7) is 2.34. The van der Waals surface area contributed by atoms with E-state index >= 15 is 0 Å². The second kappa shape index (κ2) is 6.83. The quantitative estimate of drug-likeness (QED) is 0.540. The van der Waals surface area contributed by atoms with Gasteiger partial charge in [-0.3, -0.25) is 0 Å². The average molecular weight is 382 g/mol. The minimum atomic E-state index is -2.12. The van der Waals surface area contributed by atoms with E-state index in [1.165, 1.54) is 15.9 Å². The molecule has 0 aliphatic rings. The number of rotatable bonds is 3. The van der Waals surface area contributed by atoms with Crippen molar-refractivity contribution in [3.05, 3.63) is 87.9 Å². The number of halogens is 3. The van der Waals surface area contributed by atoms with E-state index in [0.29, 0.717) is 0 Å². The van der Waals surface area contributed by atoms with Gasteiger partial charge in [0.1, 0.15) is 0 Å². The molecule has 0 N–H and O–H groups in total. The Morgan fingerprint density at radius 3 is 0.913 bits per heavy atom. The third-order valence-corrected chi connectivity index (χ3v) is 9.48. The molecule has 0 saturated carbocycles. The first-order valence-corrected chi connectivity index (χ1v) is 10.9. The Morgan fingerprint density at radius 1 is 0.478 bits per heavy atom. The van der Waals surface area contributed by atoms with Crippen LogP contribution in [0, 0.1) is 0 Å². The molecule has 0 amide bonds. The summed E-state index contributed by atoms with van der Waals surface area (Å²) >= 11 is 18.2. The molecule has 0 aliphatic carbocycles. The summed E-state index contributed by atoms with van der Waals surface area (Å²) in [5.74, 6) is 0. The molecule has 0 fully saturated rings. The molecule has 0 spiro atoms. The molecule has 0 unspecified atom stereocenters. The summed E-state index contributed by atoms with van der Waals surface area (Å²) in [6, 6.07) is 24.5. The Balaban J connectivity index is 2.21. The maximum absolute atomic E-state index is 6.08. The molecule has 23 heavy (non-hydrogen) atoms. The van der Waals surface area contributed by atoms with Crippen LogP contribution in [-0.2, 0) is 0 Å². The first-order valence-electron chi connectivity index (χ1n) is 7.28. The minimum absolute atomic E-state index is 0.748. The second-order valence-electron chi connectivity index (χ2n) is 5.65. The molecular formula is C19H16Cl3P. The van der Waals surface area contributed by atoms with Crippen LogP contribution in [0.5, 0.6) is 0 Å². The molecule has 3 aromatic carbocycles. The van der Waals surface area contributed by atoms with Gasteiger partial charge >= 0.3 is 153 Å². The molecule has 4 heteroatoms. The normalized spacial score (nSPS) is 12.2. The van der Waals surface area contributed by atoms with Crippen molar-refractivity contribution in [2.75, 3.05) is 6.66 Å². The van der Waals surface area contributed by atoms with E-state index in [1.807, 2.05) is 36.4 Å². The van der Waals surface area contributed by atoms with E-state index in [0.717, 1.165) is 15.1 Å². The average Bonchev–Trinajstić information content (AvgIpc) is 2.56. The van der Waals surface area contributed by atoms with Gasteiger partial charge in [0.15, 0.2) is 0 Å². The molecular weight excluding hydrogens is 366 g/mol. The zero-order chi connectivity index (χ0) is 16.4. The Hall–Kier alpha value is -1.04. The van der Waals surface area contributed by atoms with Crippen molar-refractivity contribution in [2.24, 2.45) is 0 Å². The van der Waals surface area contributed by atoms with Crippen molar-refractivity contribution in [3.8, 4) is 0 Å². The van der Waals surface area contributed by atoms with Gasteiger partial charge in [-0.15, -0.1) is 0 Å². The Kier molecular flexibility index (Phi) is 4.99. The van der Waals surface area contributed by atoms with E-state index in [9.17, 15) is 0 Å². The van der Waals surface area contributed by atoms with Crippen molar-refractivity contribution in [3.63, 3.8) is 0 Å². The fraction of sp³-hybridized carbons (Fsp3) is 0.0526. The first-order chi connectivity index (χ1) is 11.0. The standard InChI is InChI=1S/C19H16Cl3P/c1-23(17-8-2-14(20)3-9-17,18-10-4-15(21)5-11-18)19-12-6-16(22)7-13-19/h2-13,23H,1H3. The SMILES string of the molecule is C[PH](c1ccc(Cl)cc1)(c1ccc(Cl)cc1)c1ccc(Cl)cc1. The third kappa shape index (κ3) is 3.42. The van der Waals surface area contributed by atoms with Gasteiger partial charge in [0, 0.05) is 0 Å². The molecule has 0 aromatic heterocycles. The topological polar surface area (TPSA) is 0 Å². The van der Waals surface area contributed by atoms with Gasteiger partial charge < -0.3 is 0 Å². The molecule has 0 radical (unpaired) electrons. The van der Waals surface area contributed by atoms with Crippen LogP contribution < -0.4 is 15.9 Å². The Labute approximate surface area is 152 Å². The van der Waals surface area contributed by atoms with Crippen molar-refractivity contribution >= 4 is 58.0 Å². The fourth-order valence-corrected chi connectivity index (χ4v) is 6.73. The van der Waals surface area contributed by atoms with Crippen LogP contribution in [0.25, 0.3) is 0 Å². The van der Waals surface area contributed by atoms with Gasteiger partial charge in [0.25, 0.3) is 0 Å². The van der Waals surface area contributed by atoms with E-state index in [1.54, 1.807) is 0 Å². The number of benzene rings is 3. The molecule has 0 saturated heterocycles. The molecule has 3 aromatic rings. The van der Waals surface area contributed by atoms with Crippen molar-refractivity contribution < 1.29 is 0 Å². The van der Waals surface area contributed by atoms with Gasteiger partial charge in [0.05, 0.1) is 0 Å². The Bertz CT molecular complexity index is 683. The predicted octanol–water partition coefficient (Wildman–Crippen LogP) is 5.30. The Morgan fingerprint density at radius 2 is 0.696 bits per heavy atom. The van der Waals surface area contributed by atoms with Crippen LogP contribution in [0.2, 0.25) is 15.1 Å². The van der Waals surface area contributed by atoms with E-state index in [-0.39, 0.29) is 0 Å². The van der Waals surface area contributed by atoms with Gasteiger partial charge in [-0.25, -0.2) is 0 Å². The van der Waals surface area contributed by atoms with Crippen LogP contribution in [-0.4, -0.2) is 6.66 Å². The predicted molar refractivity (Wildman–Crippen MR) is 107 cm³/mol. The van der Waals surface area contributed by atoms with Crippen LogP contribution in [0.1, 0.15) is 0 Å². The van der Waals surface area contributed by atoms with Gasteiger partial charge in [-0.1, -0.05) is 0 Å². The number of hydrogen-bond donors (Lipinski definition) is 0. The summed E-state index contributed by atoms with van der Waals surface area (Å²) in [6.07, 6.45) is 0. The van der Waals surface area contributed by atoms with Crippen molar-refractivity contribution in [1.29, 1.82) is 0 Å². The summed E-state index contributed by atoms with van der Waals surface area (Å²) in [4.78, 5) is 0. The van der Waals surface area contributed by atoms with E-state index < -0.39 is 7.26 Å². The zero-order valence-corrected chi connectivity index (χ0v) is 15.8. The monoisotopic (exact) mass is 380 g/mol. The number of hydrogen-bond acceptors (Lipinski definition) is 0. The summed E-state index contributed by atoms with van der Waals surface area (Å²) < 4.78 is 0. The van der Waals surface area contributed by atoms with Crippen LogP contribution in [0.4, 0.5) is 0 Å². The summed E-state index contributed by atoms with van der Waals surface area (Å²) in [5.41, 5.74) is 0.